The van der Waals surface area contributed by atoms with Gasteiger partial charge in [-0.3, -0.25) is 0 Å². The van der Waals surface area contributed by atoms with Gasteiger partial charge in [-0.1, -0.05) is 108 Å². The molecule has 4 nitrogen and oxygen atoms in total. The van der Waals surface area contributed by atoms with Gasteiger partial charge in [-0.25, -0.2) is 4.79 Å². The molecular formula is C30H49NO3. The summed E-state index contributed by atoms with van der Waals surface area (Å²) in [5.41, 5.74) is -0.177. The second-order valence-electron chi connectivity index (χ2n) is 10.5. The standard InChI is InChI=1S/C19H42N.C11H8O3/c1-6-8-10-12-13-14-16-18-19(20(3,4)5)17-15-11-9-7-2;12-10-6-8-4-2-1-3-7(8)5-9(10)11(13)14/h19H,6-18H2,1-5H3;1-6,12H,(H,13,14)/q+1;/p-1. The molecule has 0 fully saturated rings. The maximum absolute atomic E-state index is 11.3. The maximum Gasteiger partial charge on any atom is 0.335 e. The van der Waals surface area contributed by atoms with Gasteiger partial charge in [0.15, 0.2) is 0 Å². The maximum atomic E-state index is 11.3. The fourth-order valence-electron chi connectivity index (χ4n) is 4.45. The Bertz CT molecular complexity index is 825. The van der Waals surface area contributed by atoms with Crippen LogP contribution in [0.3, 0.4) is 0 Å². The molecule has 1 unspecified atom stereocenters. The zero-order valence-electron chi connectivity index (χ0n) is 22.4. The van der Waals surface area contributed by atoms with Gasteiger partial charge in [0.05, 0.1) is 32.7 Å². The van der Waals surface area contributed by atoms with E-state index in [4.69, 9.17) is 5.11 Å². The highest BCUT2D eigenvalue weighted by Gasteiger charge is 2.22. The SMILES string of the molecule is CCCCCCCCCC(CCCCCC)[N+](C)(C)C.O=C(O)c1cc2ccccc2cc1[O-]. The molecule has 4 heteroatoms. The molecule has 1 atom stereocenters. The topological polar surface area (TPSA) is 60.4 Å². The Morgan fingerprint density at radius 1 is 0.794 bits per heavy atom. The van der Waals surface area contributed by atoms with Crippen LogP contribution in [0.25, 0.3) is 10.8 Å². The van der Waals surface area contributed by atoms with E-state index in [2.05, 4.69) is 35.0 Å². The number of hydrogen-bond donors (Lipinski definition) is 1. The molecule has 2 aromatic carbocycles. The van der Waals surface area contributed by atoms with Gasteiger partial charge in [0.2, 0.25) is 0 Å². The normalized spacial score (nSPS) is 12.3. The molecule has 2 aromatic rings. The van der Waals surface area contributed by atoms with E-state index in [0.717, 1.165) is 21.3 Å². The van der Waals surface area contributed by atoms with Crippen LogP contribution in [0.5, 0.6) is 5.75 Å². The fourth-order valence-corrected chi connectivity index (χ4v) is 4.45. The number of carbonyl (C=O) groups is 1. The number of carboxylic acids is 1. The number of carboxylic acid groups (broad SMARTS) is 1. The molecule has 34 heavy (non-hydrogen) atoms. The highest BCUT2D eigenvalue weighted by atomic mass is 16.4. The summed E-state index contributed by atoms with van der Waals surface area (Å²) in [5, 5.41) is 21.6. The first-order chi connectivity index (χ1) is 16.2. The molecule has 0 amide bonds. The molecule has 2 rings (SSSR count). The summed E-state index contributed by atoms with van der Waals surface area (Å²) in [5.74, 6) is -1.63. The highest BCUT2D eigenvalue weighted by Crippen LogP contribution is 2.23. The third-order valence-corrected chi connectivity index (χ3v) is 6.71. The summed E-state index contributed by atoms with van der Waals surface area (Å²) in [4.78, 5) is 10.7. The second-order valence-corrected chi connectivity index (χ2v) is 10.5. The zero-order chi connectivity index (χ0) is 25.4. The molecule has 0 aliphatic heterocycles. The number of fused-ring (bicyclic) bond motifs is 1. The van der Waals surface area contributed by atoms with Crippen molar-refractivity contribution in [2.75, 3.05) is 21.1 Å². The Kier molecular flexibility index (Phi) is 14.6. The van der Waals surface area contributed by atoms with Gasteiger partial charge in [-0.2, -0.15) is 0 Å². The van der Waals surface area contributed by atoms with Crippen LogP contribution < -0.4 is 5.11 Å². The van der Waals surface area contributed by atoms with Crippen molar-refractivity contribution in [3.63, 3.8) is 0 Å². The Morgan fingerprint density at radius 2 is 1.24 bits per heavy atom. The predicted molar refractivity (Wildman–Crippen MR) is 144 cm³/mol. The number of unbranched alkanes of at least 4 members (excludes halogenated alkanes) is 9. The molecule has 0 aliphatic carbocycles. The zero-order valence-corrected chi connectivity index (χ0v) is 22.4. The van der Waals surface area contributed by atoms with Gasteiger partial charge in [0.25, 0.3) is 0 Å². The number of rotatable bonds is 15. The first-order valence-corrected chi connectivity index (χ1v) is 13.4. The van der Waals surface area contributed by atoms with Gasteiger partial charge in [-0.05, 0) is 42.5 Å². The quantitative estimate of drug-likeness (QED) is 0.213. The van der Waals surface area contributed by atoms with Gasteiger partial charge >= 0.3 is 5.97 Å². The number of nitrogens with zero attached hydrogens (tertiary/aromatic N) is 1. The molecule has 192 valence electrons. The fraction of sp³-hybridized carbons (Fsp3) is 0.633. The largest absolute Gasteiger partial charge is 0.872 e. The second kappa shape index (κ2) is 16.5. The van der Waals surface area contributed by atoms with Crippen molar-refractivity contribution in [2.24, 2.45) is 0 Å². The average Bonchev–Trinajstić information content (AvgIpc) is 2.78. The van der Waals surface area contributed by atoms with Gasteiger partial charge in [-0.15, -0.1) is 0 Å². The Morgan fingerprint density at radius 3 is 1.71 bits per heavy atom. The van der Waals surface area contributed by atoms with Crippen LogP contribution >= 0.6 is 0 Å². The lowest BCUT2D eigenvalue weighted by Crippen LogP contribution is -2.45. The van der Waals surface area contributed by atoms with E-state index in [0.29, 0.717) is 0 Å². The van der Waals surface area contributed by atoms with E-state index >= 15 is 0 Å². The molecule has 0 aliphatic rings. The predicted octanol–water partition coefficient (Wildman–Crippen LogP) is 7.78. The summed E-state index contributed by atoms with van der Waals surface area (Å²) in [6.07, 6.45) is 18.6. The van der Waals surface area contributed by atoms with Crippen LogP contribution in [0.2, 0.25) is 0 Å². The van der Waals surface area contributed by atoms with E-state index in [1.807, 2.05) is 6.07 Å². The number of quaternary nitrogens is 1. The van der Waals surface area contributed by atoms with Gasteiger partial charge in [0, 0.05) is 0 Å². The summed E-state index contributed by atoms with van der Waals surface area (Å²) >= 11 is 0. The minimum Gasteiger partial charge on any atom is -0.872 e. The van der Waals surface area contributed by atoms with E-state index in [1.165, 1.54) is 95.6 Å². The highest BCUT2D eigenvalue weighted by molar-refractivity contribution is 5.97. The monoisotopic (exact) mass is 471 g/mol. The van der Waals surface area contributed by atoms with Gasteiger partial charge in [0.1, 0.15) is 0 Å². The molecule has 0 bridgehead atoms. The van der Waals surface area contributed by atoms with E-state index in [9.17, 15) is 9.90 Å². The minimum absolute atomic E-state index is 0.177. The lowest BCUT2D eigenvalue weighted by atomic mass is 9.98. The van der Waals surface area contributed by atoms with Crippen LogP contribution in [0.15, 0.2) is 36.4 Å². The van der Waals surface area contributed by atoms with Crippen LogP contribution in [0.4, 0.5) is 0 Å². The summed E-state index contributed by atoms with van der Waals surface area (Å²) in [6, 6.07) is 10.8. The molecule has 0 saturated heterocycles. The Labute approximate surface area is 208 Å². The van der Waals surface area contributed by atoms with Crippen molar-refractivity contribution < 1.29 is 19.5 Å². The smallest absolute Gasteiger partial charge is 0.335 e. The number of benzene rings is 2. The first-order valence-electron chi connectivity index (χ1n) is 13.4. The number of aromatic carboxylic acids is 1. The third kappa shape index (κ3) is 11.9. The first kappa shape index (κ1) is 30.0. The van der Waals surface area contributed by atoms with Gasteiger partial charge < -0.3 is 14.7 Å². The van der Waals surface area contributed by atoms with Crippen LogP contribution in [-0.2, 0) is 0 Å². The third-order valence-electron chi connectivity index (χ3n) is 6.71. The van der Waals surface area contributed by atoms with Crippen molar-refractivity contribution in [3.05, 3.63) is 42.0 Å². The lowest BCUT2D eigenvalue weighted by molar-refractivity contribution is -0.896. The van der Waals surface area contributed by atoms with E-state index in [-0.39, 0.29) is 5.56 Å². The minimum atomic E-state index is -1.18. The Balaban J connectivity index is 0.000000358. The molecular weight excluding hydrogens is 422 g/mol. The van der Waals surface area contributed by atoms with E-state index in [1.54, 1.807) is 18.2 Å². The van der Waals surface area contributed by atoms with Crippen molar-refractivity contribution in [2.45, 2.75) is 103 Å². The van der Waals surface area contributed by atoms with Crippen molar-refractivity contribution in [3.8, 4) is 5.75 Å². The summed E-state index contributed by atoms with van der Waals surface area (Å²) < 4.78 is 1.15. The van der Waals surface area contributed by atoms with Crippen LogP contribution in [-0.4, -0.2) is 42.7 Å². The van der Waals surface area contributed by atoms with Crippen LogP contribution in [0, 0.1) is 0 Å². The van der Waals surface area contributed by atoms with Crippen molar-refractivity contribution >= 4 is 16.7 Å². The molecule has 0 radical (unpaired) electrons. The Hall–Kier alpha value is -2.07. The summed E-state index contributed by atoms with van der Waals surface area (Å²) in [6.45, 7) is 4.60. The molecule has 0 spiro atoms. The molecule has 0 heterocycles. The lowest BCUT2D eigenvalue weighted by Gasteiger charge is -2.34. The molecule has 0 saturated carbocycles. The van der Waals surface area contributed by atoms with Crippen molar-refractivity contribution in [1.82, 2.24) is 0 Å². The molecule has 0 aromatic heterocycles. The summed E-state index contributed by atoms with van der Waals surface area (Å²) in [7, 11) is 7.14. The molecule has 1 N–H and O–H groups in total. The van der Waals surface area contributed by atoms with Crippen molar-refractivity contribution in [1.29, 1.82) is 0 Å². The number of hydrogen-bond acceptors (Lipinski definition) is 2. The van der Waals surface area contributed by atoms with Crippen LogP contribution in [0.1, 0.15) is 108 Å². The van der Waals surface area contributed by atoms with E-state index < -0.39 is 11.7 Å². The average molecular weight is 472 g/mol.